The van der Waals surface area contributed by atoms with E-state index in [-0.39, 0.29) is 0 Å². The average molecular weight is 426 g/mol. The highest BCUT2D eigenvalue weighted by Gasteiger charge is 2.08. The topological polar surface area (TPSA) is 49.3 Å². The Kier molecular flexibility index (Phi) is 9.95. The lowest BCUT2D eigenvalue weighted by molar-refractivity contribution is 0.213. The lowest BCUT2D eigenvalue weighted by Crippen LogP contribution is -2.05. The van der Waals surface area contributed by atoms with Crippen molar-refractivity contribution in [2.75, 3.05) is 26.9 Å². The van der Waals surface area contributed by atoms with E-state index in [1.165, 1.54) is 0 Å². The molecule has 0 heterocycles. The molecule has 0 aliphatic carbocycles. The fourth-order valence-electron chi connectivity index (χ4n) is 3.25. The molecule has 2 rings (SSSR count). The largest absolute Gasteiger partial charge is 0.493 e. The maximum absolute atomic E-state index is 6.04. The summed E-state index contributed by atoms with van der Waals surface area (Å²) in [5.74, 6) is 2.72. The average Bonchev–Trinajstić information content (AvgIpc) is 2.73. The van der Waals surface area contributed by atoms with Crippen LogP contribution in [0.3, 0.4) is 0 Å². The first-order valence-corrected chi connectivity index (χ1v) is 10.8. The third-order valence-corrected chi connectivity index (χ3v) is 4.88. The van der Waals surface area contributed by atoms with Gasteiger partial charge in [-0.1, -0.05) is 17.3 Å². The van der Waals surface area contributed by atoms with Gasteiger partial charge in [-0.05, 0) is 100 Å². The quantitative estimate of drug-likeness (QED) is 0.176. The molecule has 0 N–H and O–H groups in total. The molecule has 5 heteroatoms. The molecule has 0 unspecified atom stereocenters. The number of aryl methyl sites for hydroxylation is 3. The van der Waals surface area contributed by atoms with Crippen molar-refractivity contribution in [1.29, 1.82) is 0 Å². The fraction of sp³-hybridized carbons (Fsp3) is 0.423. The molecule has 0 aliphatic heterocycles. The summed E-state index contributed by atoms with van der Waals surface area (Å²) in [5, 5.41) is 3.97. The maximum Gasteiger partial charge on any atom is 0.125 e. The summed E-state index contributed by atoms with van der Waals surface area (Å²) in [4.78, 5) is 4.84. The molecule has 168 valence electrons. The van der Waals surface area contributed by atoms with Crippen LogP contribution in [0.4, 0.5) is 0 Å². The van der Waals surface area contributed by atoms with Crippen LogP contribution in [0.25, 0.3) is 0 Å². The summed E-state index contributed by atoms with van der Waals surface area (Å²) < 4.78 is 17.7. The van der Waals surface area contributed by atoms with E-state index < -0.39 is 0 Å². The second kappa shape index (κ2) is 12.7. The van der Waals surface area contributed by atoms with E-state index in [4.69, 9.17) is 19.0 Å². The highest BCUT2D eigenvalue weighted by atomic mass is 16.6. The van der Waals surface area contributed by atoms with E-state index in [9.17, 15) is 0 Å². The minimum absolute atomic E-state index is 0.581. The third-order valence-electron chi connectivity index (χ3n) is 4.88. The number of rotatable bonds is 12. The third kappa shape index (κ3) is 7.67. The standard InChI is InChI=1S/C26H35NO4/c1-7-8-13-29-24-17-20(3)26(21(4)18-24)31-15-10-9-14-30-25-12-11-23(16-19(25)2)22(5)27-28-6/h7-8,11-12,16-18H,9-10,13-15H2,1-6H3/b8-7+,27-22+. The predicted molar refractivity (Wildman–Crippen MR) is 127 cm³/mol. The van der Waals surface area contributed by atoms with Gasteiger partial charge in [0.2, 0.25) is 0 Å². The van der Waals surface area contributed by atoms with E-state index in [0.29, 0.717) is 19.8 Å². The van der Waals surface area contributed by atoms with Crippen LogP contribution in [0, 0.1) is 20.8 Å². The lowest BCUT2D eigenvalue weighted by atomic mass is 10.1. The van der Waals surface area contributed by atoms with E-state index in [1.54, 1.807) is 7.11 Å². The van der Waals surface area contributed by atoms with Crippen LogP contribution in [-0.4, -0.2) is 32.6 Å². The number of ether oxygens (including phenoxy) is 3. The van der Waals surface area contributed by atoms with Crippen LogP contribution in [0.5, 0.6) is 17.2 Å². The molecule has 2 aromatic carbocycles. The molecule has 0 aliphatic rings. The van der Waals surface area contributed by atoms with Crippen molar-refractivity contribution in [3.8, 4) is 17.2 Å². The van der Waals surface area contributed by atoms with E-state index in [1.807, 2.05) is 57.2 Å². The molecule has 0 atom stereocenters. The summed E-state index contributed by atoms with van der Waals surface area (Å²) in [5.41, 5.74) is 5.15. The molecule has 0 bridgehead atoms. The zero-order valence-corrected chi connectivity index (χ0v) is 19.7. The zero-order valence-electron chi connectivity index (χ0n) is 19.7. The van der Waals surface area contributed by atoms with Crippen LogP contribution in [0.15, 0.2) is 47.6 Å². The molecular formula is C26H35NO4. The summed E-state index contributed by atoms with van der Waals surface area (Å²) in [7, 11) is 1.55. The number of hydrogen-bond acceptors (Lipinski definition) is 5. The Morgan fingerprint density at radius 1 is 0.903 bits per heavy atom. The van der Waals surface area contributed by atoms with Gasteiger partial charge in [0.05, 0.1) is 18.9 Å². The van der Waals surface area contributed by atoms with Crippen molar-refractivity contribution in [2.24, 2.45) is 5.16 Å². The smallest absolute Gasteiger partial charge is 0.125 e. The van der Waals surface area contributed by atoms with Crippen molar-refractivity contribution < 1.29 is 19.0 Å². The van der Waals surface area contributed by atoms with Gasteiger partial charge in [0.15, 0.2) is 0 Å². The lowest BCUT2D eigenvalue weighted by Gasteiger charge is -2.15. The van der Waals surface area contributed by atoms with Crippen LogP contribution >= 0.6 is 0 Å². The Hall–Kier alpha value is -2.95. The molecule has 31 heavy (non-hydrogen) atoms. The molecule has 5 nitrogen and oxygen atoms in total. The normalized spacial score (nSPS) is 11.6. The Bertz CT molecular complexity index is 879. The Morgan fingerprint density at radius 3 is 2.19 bits per heavy atom. The van der Waals surface area contributed by atoms with Gasteiger partial charge in [-0.15, -0.1) is 0 Å². The van der Waals surface area contributed by atoms with Crippen molar-refractivity contribution in [3.63, 3.8) is 0 Å². The minimum Gasteiger partial charge on any atom is -0.493 e. The highest BCUT2D eigenvalue weighted by Crippen LogP contribution is 2.28. The van der Waals surface area contributed by atoms with Gasteiger partial charge in [-0.25, -0.2) is 0 Å². The molecule has 0 saturated heterocycles. The van der Waals surface area contributed by atoms with E-state index >= 15 is 0 Å². The second-order valence-electron chi connectivity index (χ2n) is 7.51. The van der Waals surface area contributed by atoms with Crippen LogP contribution in [-0.2, 0) is 4.84 Å². The van der Waals surface area contributed by atoms with Gasteiger partial charge in [0.1, 0.15) is 31.0 Å². The molecule has 0 spiro atoms. The Labute approximate surface area is 186 Å². The molecule has 2 aromatic rings. The van der Waals surface area contributed by atoms with E-state index in [2.05, 4.69) is 25.1 Å². The zero-order chi connectivity index (χ0) is 22.6. The van der Waals surface area contributed by atoms with Crippen LogP contribution < -0.4 is 14.2 Å². The van der Waals surface area contributed by atoms with Gasteiger partial charge in [0.25, 0.3) is 0 Å². The summed E-state index contributed by atoms with van der Waals surface area (Å²) >= 11 is 0. The molecule has 0 amide bonds. The SMILES string of the molecule is C/C=C/COc1cc(C)c(OCCCCOc2ccc(/C(C)=N/OC)cc2C)c(C)c1. The summed E-state index contributed by atoms with van der Waals surface area (Å²) in [6, 6.07) is 10.1. The number of hydrogen-bond donors (Lipinski definition) is 0. The number of nitrogens with zero attached hydrogens (tertiary/aromatic N) is 1. The summed E-state index contributed by atoms with van der Waals surface area (Å²) in [6.07, 6.45) is 5.82. The fourth-order valence-corrected chi connectivity index (χ4v) is 3.25. The van der Waals surface area contributed by atoms with E-state index in [0.717, 1.165) is 58.1 Å². The van der Waals surface area contributed by atoms with Gasteiger partial charge in [-0.3, -0.25) is 0 Å². The van der Waals surface area contributed by atoms with Gasteiger partial charge in [0, 0.05) is 0 Å². The number of unbranched alkanes of at least 4 members (excludes halogenated alkanes) is 1. The first kappa shape index (κ1) is 24.3. The first-order chi connectivity index (χ1) is 15.0. The monoisotopic (exact) mass is 425 g/mol. The molecule has 0 saturated carbocycles. The maximum atomic E-state index is 6.04. The molecule has 0 fully saturated rings. The number of benzene rings is 2. The molecule has 0 aromatic heterocycles. The molecular weight excluding hydrogens is 390 g/mol. The van der Waals surface area contributed by atoms with Gasteiger partial charge < -0.3 is 19.0 Å². The minimum atomic E-state index is 0.581. The van der Waals surface area contributed by atoms with Crippen LogP contribution in [0.1, 0.15) is 48.9 Å². The van der Waals surface area contributed by atoms with Gasteiger partial charge in [-0.2, -0.15) is 0 Å². The first-order valence-electron chi connectivity index (χ1n) is 10.8. The van der Waals surface area contributed by atoms with Crippen molar-refractivity contribution in [3.05, 3.63) is 64.7 Å². The highest BCUT2D eigenvalue weighted by molar-refractivity contribution is 5.98. The van der Waals surface area contributed by atoms with Crippen molar-refractivity contribution in [1.82, 2.24) is 0 Å². The summed E-state index contributed by atoms with van der Waals surface area (Å²) in [6.45, 7) is 12.0. The van der Waals surface area contributed by atoms with Crippen LogP contribution in [0.2, 0.25) is 0 Å². The number of allylic oxidation sites excluding steroid dienone is 1. The predicted octanol–water partition coefficient (Wildman–Crippen LogP) is 6.18. The van der Waals surface area contributed by atoms with Crippen molar-refractivity contribution >= 4 is 5.71 Å². The Balaban J connectivity index is 1.77. The molecule has 0 radical (unpaired) electrons. The number of oxime groups is 1. The van der Waals surface area contributed by atoms with Gasteiger partial charge >= 0.3 is 0 Å². The Morgan fingerprint density at radius 2 is 1.58 bits per heavy atom. The van der Waals surface area contributed by atoms with Crippen molar-refractivity contribution in [2.45, 2.75) is 47.5 Å². The second-order valence-corrected chi connectivity index (χ2v) is 7.51.